The third kappa shape index (κ3) is 3.07. The zero-order chi connectivity index (χ0) is 14.7. The number of nitrogens with one attached hydrogen (secondary N) is 2. The molecule has 0 saturated carbocycles. The van der Waals surface area contributed by atoms with Gasteiger partial charge in [0.25, 0.3) is 6.43 Å². The maximum absolute atomic E-state index is 12.3. The number of carbonyl (C=O) groups is 1. The van der Waals surface area contributed by atoms with Crippen molar-refractivity contribution in [1.29, 1.82) is 0 Å². The first-order valence-electron chi connectivity index (χ1n) is 5.66. The molecule has 2 amide bonds. The maximum Gasteiger partial charge on any atom is 0.325 e. The molecule has 10 heteroatoms. The van der Waals surface area contributed by atoms with Crippen LogP contribution in [0.25, 0.3) is 0 Å². The number of hydrogen-bond donors (Lipinski definition) is 2. The Balaban J connectivity index is 2.03. The molecule has 0 radical (unpaired) electrons. The standard InChI is InChI=1S/C10H11F2N5O2S/c1-3-5-6(4(2)19-17-5)13-9(18)14-10-16-15-8(20-10)7(11)12/h7H,3H2,1-2H3,(H2,13,14,16,18). The predicted octanol–water partition coefficient (Wildman–Crippen LogP) is 2.98. The Bertz CT molecular complexity index is 613. The fourth-order valence-electron chi connectivity index (χ4n) is 1.43. The first-order valence-corrected chi connectivity index (χ1v) is 6.47. The Kier molecular flexibility index (Phi) is 4.23. The fraction of sp³-hybridized carbons (Fsp3) is 0.400. The van der Waals surface area contributed by atoms with Gasteiger partial charge < -0.3 is 9.84 Å². The molecule has 108 valence electrons. The lowest BCUT2D eigenvalue weighted by Gasteiger charge is -2.04. The molecule has 2 heterocycles. The topological polar surface area (TPSA) is 92.9 Å². The second kappa shape index (κ2) is 5.90. The molecule has 2 aromatic heterocycles. The molecule has 0 spiro atoms. The number of aromatic nitrogens is 3. The summed E-state index contributed by atoms with van der Waals surface area (Å²) in [7, 11) is 0. The van der Waals surface area contributed by atoms with Gasteiger partial charge in [0.15, 0.2) is 10.8 Å². The van der Waals surface area contributed by atoms with Crippen LogP contribution in [0.15, 0.2) is 4.52 Å². The number of rotatable bonds is 4. The van der Waals surface area contributed by atoms with Gasteiger partial charge in [0, 0.05) is 0 Å². The molecule has 2 rings (SSSR count). The Morgan fingerprint density at radius 2 is 2.15 bits per heavy atom. The molecule has 0 aliphatic heterocycles. The van der Waals surface area contributed by atoms with Gasteiger partial charge in [-0.05, 0) is 13.3 Å². The van der Waals surface area contributed by atoms with Crippen LogP contribution in [0.4, 0.5) is 24.4 Å². The Morgan fingerprint density at radius 3 is 2.75 bits per heavy atom. The smallest absolute Gasteiger partial charge is 0.325 e. The van der Waals surface area contributed by atoms with Gasteiger partial charge in [-0.25, -0.2) is 13.6 Å². The Hall–Kier alpha value is -2.10. The van der Waals surface area contributed by atoms with Crippen molar-refractivity contribution in [2.75, 3.05) is 10.6 Å². The SMILES string of the molecule is CCc1noc(C)c1NC(=O)Nc1nnc(C(F)F)s1. The molecule has 2 N–H and O–H groups in total. The van der Waals surface area contributed by atoms with Gasteiger partial charge in [0.05, 0.1) is 0 Å². The molecule has 0 atom stereocenters. The maximum atomic E-state index is 12.3. The van der Waals surface area contributed by atoms with Crippen molar-refractivity contribution >= 4 is 28.2 Å². The highest BCUT2D eigenvalue weighted by Crippen LogP contribution is 2.25. The van der Waals surface area contributed by atoms with Crippen LogP contribution >= 0.6 is 11.3 Å². The van der Waals surface area contributed by atoms with Crippen molar-refractivity contribution in [2.45, 2.75) is 26.7 Å². The van der Waals surface area contributed by atoms with Crippen LogP contribution < -0.4 is 10.6 Å². The van der Waals surface area contributed by atoms with E-state index < -0.39 is 17.5 Å². The third-order valence-corrected chi connectivity index (χ3v) is 3.20. The highest BCUT2D eigenvalue weighted by atomic mass is 32.1. The summed E-state index contributed by atoms with van der Waals surface area (Å²) in [6, 6.07) is -0.622. The van der Waals surface area contributed by atoms with Gasteiger partial charge in [-0.1, -0.05) is 23.4 Å². The molecular formula is C10H11F2N5O2S. The summed E-state index contributed by atoms with van der Waals surface area (Å²) >= 11 is 0.613. The molecule has 0 aromatic carbocycles. The molecule has 20 heavy (non-hydrogen) atoms. The average molecular weight is 303 g/mol. The van der Waals surface area contributed by atoms with E-state index in [1.807, 2.05) is 6.92 Å². The van der Waals surface area contributed by atoms with E-state index in [0.29, 0.717) is 34.9 Å². The lowest BCUT2D eigenvalue weighted by Crippen LogP contribution is -2.20. The van der Waals surface area contributed by atoms with E-state index >= 15 is 0 Å². The molecule has 2 aromatic rings. The van der Waals surface area contributed by atoms with Crippen LogP contribution in [0, 0.1) is 6.92 Å². The van der Waals surface area contributed by atoms with Gasteiger partial charge in [0.2, 0.25) is 5.13 Å². The summed E-state index contributed by atoms with van der Waals surface area (Å²) in [4.78, 5) is 11.7. The number of aryl methyl sites for hydroxylation is 2. The molecule has 0 bridgehead atoms. The minimum absolute atomic E-state index is 0.00930. The minimum Gasteiger partial charge on any atom is -0.359 e. The lowest BCUT2D eigenvalue weighted by atomic mass is 10.2. The number of anilines is 2. The summed E-state index contributed by atoms with van der Waals surface area (Å²) in [5, 5.41) is 14.9. The van der Waals surface area contributed by atoms with Crippen molar-refractivity contribution in [3.8, 4) is 0 Å². The number of amides is 2. The number of alkyl halides is 2. The Labute approximate surface area is 116 Å². The number of carbonyl (C=O) groups excluding carboxylic acids is 1. The third-order valence-electron chi connectivity index (χ3n) is 2.35. The number of urea groups is 1. The van der Waals surface area contributed by atoms with Crippen molar-refractivity contribution in [3.63, 3.8) is 0 Å². The highest BCUT2D eigenvalue weighted by molar-refractivity contribution is 7.15. The van der Waals surface area contributed by atoms with E-state index in [1.165, 1.54) is 0 Å². The van der Waals surface area contributed by atoms with E-state index in [0.717, 1.165) is 0 Å². The van der Waals surface area contributed by atoms with E-state index in [2.05, 4.69) is 26.0 Å². The average Bonchev–Trinajstić information content (AvgIpc) is 2.98. The summed E-state index contributed by atoms with van der Waals surface area (Å²) in [5.41, 5.74) is 1.06. The van der Waals surface area contributed by atoms with Crippen LogP contribution in [0.1, 0.15) is 29.8 Å². The molecule has 0 fully saturated rings. The first kappa shape index (κ1) is 14.3. The van der Waals surface area contributed by atoms with Gasteiger partial charge in [0.1, 0.15) is 11.4 Å². The van der Waals surface area contributed by atoms with Gasteiger partial charge in [-0.3, -0.25) is 5.32 Å². The zero-order valence-electron chi connectivity index (χ0n) is 10.6. The van der Waals surface area contributed by atoms with Crippen molar-refractivity contribution in [2.24, 2.45) is 0 Å². The molecule has 0 aliphatic rings. The van der Waals surface area contributed by atoms with Crippen molar-refractivity contribution < 1.29 is 18.1 Å². The number of hydrogen-bond acceptors (Lipinski definition) is 6. The predicted molar refractivity (Wildman–Crippen MR) is 68.1 cm³/mol. The summed E-state index contributed by atoms with van der Waals surface area (Å²) in [5.74, 6) is 0.461. The highest BCUT2D eigenvalue weighted by Gasteiger charge is 2.17. The monoisotopic (exact) mass is 303 g/mol. The van der Waals surface area contributed by atoms with Gasteiger partial charge in [-0.2, -0.15) is 0 Å². The summed E-state index contributed by atoms with van der Waals surface area (Å²) < 4.78 is 29.6. The van der Waals surface area contributed by atoms with E-state index in [1.54, 1.807) is 6.92 Å². The second-order valence-electron chi connectivity index (χ2n) is 3.74. The summed E-state index contributed by atoms with van der Waals surface area (Å²) in [6.07, 6.45) is -2.13. The van der Waals surface area contributed by atoms with Crippen molar-refractivity contribution in [3.05, 3.63) is 16.5 Å². The van der Waals surface area contributed by atoms with Crippen LogP contribution in [0.2, 0.25) is 0 Å². The molecule has 0 aliphatic carbocycles. The number of nitrogens with zero attached hydrogens (tertiary/aromatic N) is 3. The zero-order valence-corrected chi connectivity index (χ0v) is 11.4. The van der Waals surface area contributed by atoms with Crippen molar-refractivity contribution in [1.82, 2.24) is 15.4 Å². The van der Waals surface area contributed by atoms with Crippen LogP contribution in [0.3, 0.4) is 0 Å². The molecular weight excluding hydrogens is 292 g/mol. The quantitative estimate of drug-likeness (QED) is 0.905. The Morgan fingerprint density at radius 1 is 1.40 bits per heavy atom. The van der Waals surface area contributed by atoms with Gasteiger partial charge >= 0.3 is 6.03 Å². The van der Waals surface area contributed by atoms with Crippen LogP contribution in [0.5, 0.6) is 0 Å². The molecule has 7 nitrogen and oxygen atoms in total. The molecule has 0 saturated heterocycles. The minimum atomic E-state index is -2.71. The van der Waals surface area contributed by atoms with E-state index in [4.69, 9.17) is 4.52 Å². The normalized spacial score (nSPS) is 10.8. The first-order chi connectivity index (χ1) is 9.51. The largest absolute Gasteiger partial charge is 0.359 e. The van der Waals surface area contributed by atoms with Crippen LogP contribution in [-0.2, 0) is 6.42 Å². The number of halogens is 2. The molecule has 0 unspecified atom stereocenters. The van der Waals surface area contributed by atoms with E-state index in [-0.39, 0.29) is 5.13 Å². The summed E-state index contributed by atoms with van der Waals surface area (Å²) in [6.45, 7) is 3.52. The van der Waals surface area contributed by atoms with Crippen LogP contribution in [-0.4, -0.2) is 21.4 Å². The van der Waals surface area contributed by atoms with Gasteiger partial charge in [-0.15, -0.1) is 10.2 Å². The fourth-order valence-corrected chi connectivity index (χ4v) is 2.03. The lowest BCUT2D eigenvalue weighted by molar-refractivity contribution is 0.150. The second-order valence-corrected chi connectivity index (χ2v) is 4.75. The van der Waals surface area contributed by atoms with E-state index in [9.17, 15) is 13.6 Å².